The molecule has 9 N–H and O–H groups in total. The second kappa shape index (κ2) is 38.5. The van der Waals surface area contributed by atoms with Gasteiger partial charge >= 0.3 is 18.3 Å². The number of fused-ring (bicyclic) bond motifs is 6. The van der Waals surface area contributed by atoms with Crippen molar-refractivity contribution in [2.45, 2.75) is 291 Å². The fraction of sp³-hybridized carbons (Fsp3) is 0.523. The van der Waals surface area contributed by atoms with Gasteiger partial charge in [-0.25, -0.2) is 14.4 Å². The van der Waals surface area contributed by atoms with Crippen LogP contribution in [0.2, 0.25) is 0 Å². The molecule has 0 aromatic heterocycles. The Hall–Kier alpha value is -6.25. The van der Waals surface area contributed by atoms with Gasteiger partial charge in [-0.1, -0.05) is 115 Å². The van der Waals surface area contributed by atoms with Crippen molar-refractivity contribution in [1.82, 2.24) is 26.6 Å². The number of halogens is 3. The number of hydrogen-bond acceptors (Lipinski definition) is 12. The topological polar surface area (TPSA) is 225 Å². The van der Waals surface area contributed by atoms with Crippen LogP contribution >= 0.6 is 47.8 Å². The van der Waals surface area contributed by atoms with Crippen LogP contribution < -0.4 is 38.1 Å². The largest absolute Gasteiger partial charge is 0.444 e. The van der Waals surface area contributed by atoms with Crippen molar-refractivity contribution in [3.05, 3.63) is 206 Å². The summed E-state index contributed by atoms with van der Waals surface area (Å²) in [4.78, 5) is 57.3. The van der Waals surface area contributed by atoms with Gasteiger partial charge in [-0.2, -0.15) is 0 Å². The number of carbonyl (C=O) groups excluding carboxylic acids is 5. The Balaban J connectivity index is 0.000000177. The van der Waals surface area contributed by atoms with Gasteiger partial charge in [0, 0.05) is 86.2 Å². The third-order valence-corrected chi connectivity index (χ3v) is 20.0. The second-order valence-corrected chi connectivity index (χ2v) is 36.5. The molecule has 0 aliphatic heterocycles. The van der Waals surface area contributed by atoms with Crippen LogP contribution in [0.25, 0.3) is 0 Å². The van der Waals surface area contributed by atoms with Crippen LogP contribution in [-0.2, 0) is 109 Å². The molecule has 0 fully saturated rings. The van der Waals surface area contributed by atoms with Crippen molar-refractivity contribution in [2.24, 2.45) is 11.5 Å². The molecule has 6 aliphatic carbocycles. The molecule has 0 bridgehead atoms. The predicted octanol–water partition coefficient (Wildman–Crippen LogP) is 17.8. The van der Waals surface area contributed by atoms with E-state index in [0.717, 1.165) is 131 Å². The fourth-order valence-electron chi connectivity index (χ4n) is 13.3. The van der Waals surface area contributed by atoms with Crippen molar-refractivity contribution in [3.8, 4) is 0 Å². The summed E-state index contributed by atoms with van der Waals surface area (Å²) in [5.41, 5.74) is 30.4. The molecule has 6 aromatic carbocycles. The Morgan fingerprint density at radius 2 is 0.702 bits per heavy atom. The molecular weight excluding hydrogens is 1500 g/mol. The van der Waals surface area contributed by atoms with E-state index >= 15 is 0 Å². The molecule has 15 nitrogen and oxygen atoms in total. The molecule has 6 aromatic rings. The summed E-state index contributed by atoms with van der Waals surface area (Å²) in [6, 6.07) is 39.4. The maximum atomic E-state index is 11.9. The number of hydrogen-bond donors (Lipinski definition) is 7. The predicted molar refractivity (Wildman–Crippen MR) is 433 cm³/mol. The van der Waals surface area contributed by atoms with E-state index in [2.05, 4.69) is 195 Å². The lowest BCUT2D eigenvalue weighted by Gasteiger charge is -2.28. The lowest BCUT2D eigenvalue weighted by Crippen LogP contribution is -2.41. The van der Waals surface area contributed by atoms with Gasteiger partial charge in [0.05, 0.1) is 0 Å². The van der Waals surface area contributed by atoms with Gasteiger partial charge in [0.25, 0.3) is 0 Å². The van der Waals surface area contributed by atoms with Gasteiger partial charge < -0.3 is 52.3 Å². The maximum Gasteiger partial charge on any atom is 0.407 e. The van der Waals surface area contributed by atoms with E-state index in [4.69, 9.17) is 25.7 Å². The Kier molecular flexibility index (Phi) is 31.5. The summed E-state index contributed by atoms with van der Waals surface area (Å²) >= 11 is 10.4. The summed E-state index contributed by atoms with van der Waals surface area (Å²) in [6.45, 7) is 31.8. The van der Waals surface area contributed by atoms with E-state index in [1.165, 1.54) is 82.4 Å². The van der Waals surface area contributed by atoms with Crippen LogP contribution in [0.3, 0.4) is 0 Å². The van der Waals surface area contributed by atoms with E-state index in [0.29, 0.717) is 36.3 Å². The van der Waals surface area contributed by atoms with Gasteiger partial charge in [0.2, 0.25) is 0 Å². The number of ether oxygens (including phenoxy) is 3. The van der Waals surface area contributed by atoms with Crippen molar-refractivity contribution in [3.63, 3.8) is 0 Å². The quantitative estimate of drug-likeness (QED) is 0.0558. The van der Waals surface area contributed by atoms with Gasteiger partial charge in [-0.05, 0) is 327 Å². The number of amides is 3. The second-order valence-electron chi connectivity index (χ2n) is 33.8. The van der Waals surface area contributed by atoms with Crippen molar-refractivity contribution < 1.29 is 38.2 Å². The molecule has 0 spiro atoms. The first kappa shape index (κ1) is 85.0. The van der Waals surface area contributed by atoms with Crippen LogP contribution in [0.4, 0.5) is 14.4 Å². The van der Waals surface area contributed by atoms with E-state index in [-0.39, 0.29) is 47.5 Å². The van der Waals surface area contributed by atoms with E-state index in [1.54, 1.807) is 0 Å². The third kappa shape index (κ3) is 30.9. The molecular formula is C86H118Br3N7O8. The number of nitrogens with two attached hydrogens (primary N) is 2. The Bertz CT molecular complexity index is 3880. The van der Waals surface area contributed by atoms with Gasteiger partial charge in [-0.15, -0.1) is 0 Å². The molecule has 6 aliphatic rings. The van der Waals surface area contributed by atoms with Crippen molar-refractivity contribution in [1.29, 1.82) is 0 Å². The van der Waals surface area contributed by atoms with Gasteiger partial charge in [0.1, 0.15) is 28.9 Å². The summed E-state index contributed by atoms with van der Waals surface area (Å²) in [5, 5.41) is 15.9. The van der Waals surface area contributed by atoms with Gasteiger partial charge in [0.15, 0.2) is 0 Å². The van der Waals surface area contributed by atoms with Crippen LogP contribution in [0.5, 0.6) is 0 Å². The molecule has 5 atom stereocenters. The van der Waals surface area contributed by atoms with Crippen molar-refractivity contribution in [2.75, 3.05) is 0 Å². The monoisotopic (exact) mass is 1610 g/mol. The van der Waals surface area contributed by atoms with Crippen molar-refractivity contribution >= 4 is 78.1 Å². The summed E-state index contributed by atoms with van der Waals surface area (Å²) in [6.07, 6.45) is 16.9. The van der Waals surface area contributed by atoms with Crippen LogP contribution in [0.15, 0.2) is 123 Å². The standard InChI is InChI=1S/C20H32N2O2.C16H21NO3.C15H20BrNO2.C15H24N2.C10H12BrN.C10H9BrO/c1-19(2,3)21-13-14-7-8-16-12-17(10-9-15(16)11-14)22-18(23)24-20(4,5)6;1-16(2,3)20-15(19)17-14-7-6-12-8-11(10-18)4-5-13(12)9-14;1-15(2,3)19-14(18)17-13-7-5-10-8-12(16)6-4-11(10)9-13;1-15(2,3)17-10-11-4-5-13-9-14(16)7-6-12(13)8-11;2*11-9-3-1-8-6-10(12)4-2-7(8)5-9/h7-8,11,17,21H,9-10,12-13H2,1-6H3,(H,22,23);4-5,8,10,14H,6-7,9H2,1-3H3,(H,17,19);4,6,8,13H,5,7,9H2,1-3H3,(H,17,18);4-5,8,14,17H,6-7,9-10,16H2,1-3H3;1,3,5,10H,2,4,6,12H2;1,3,5H,2,4,6H2. The highest BCUT2D eigenvalue weighted by Gasteiger charge is 2.28. The normalized spacial score (nSPS) is 18.7. The molecule has 0 saturated carbocycles. The zero-order valence-electron chi connectivity index (χ0n) is 64.6. The number of carbonyl (C=O) groups is 5. The SMILES string of the molecule is CC(C)(C)NCc1ccc2c(c1)CCC(N)C2.CC(C)(C)NCc1ccc2c(c1)CCC(NC(=O)OC(C)(C)C)C2.CC(C)(C)OC(=O)NC1CCc2cc(Br)ccc2C1.CC(C)(C)OC(=O)NC1CCc2cc(C=O)ccc2C1.NC1CCc2cc(Br)ccc2C1.O=C1CCc2cc(Br)ccc2C1. The maximum absolute atomic E-state index is 11.9. The highest BCUT2D eigenvalue weighted by atomic mass is 79.9. The molecule has 3 amide bonds. The van der Waals surface area contributed by atoms with Crippen LogP contribution in [0.1, 0.15) is 231 Å². The zero-order chi connectivity index (χ0) is 76.3. The van der Waals surface area contributed by atoms with Crippen LogP contribution in [0, 0.1) is 0 Å². The van der Waals surface area contributed by atoms with Gasteiger partial charge in [-0.3, -0.25) is 9.59 Å². The van der Waals surface area contributed by atoms with E-state index in [1.807, 2.05) is 92.6 Å². The highest BCUT2D eigenvalue weighted by Crippen LogP contribution is 2.30. The highest BCUT2D eigenvalue weighted by molar-refractivity contribution is 9.11. The number of ketones is 1. The molecule has 12 rings (SSSR count). The molecule has 0 heterocycles. The minimum Gasteiger partial charge on any atom is -0.444 e. The Morgan fingerprint density at radius 1 is 0.394 bits per heavy atom. The Morgan fingerprint density at radius 3 is 1.06 bits per heavy atom. The summed E-state index contributed by atoms with van der Waals surface area (Å²) in [5.74, 6) is 0.366. The Labute approximate surface area is 646 Å². The number of Topliss-reactive ketones (excluding diaryl/α,β-unsaturated/α-hetero) is 1. The third-order valence-electron chi connectivity index (χ3n) is 18.5. The first-order valence-electron chi connectivity index (χ1n) is 37.3. The smallest absolute Gasteiger partial charge is 0.407 e. The number of nitrogens with one attached hydrogen (secondary N) is 5. The zero-order valence-corrected chi connectivity index (χ0v) is 69.3. The molecule has 18 heteroatoms. The summed E-state index contributed by atoms with van der Waals surface area (Å²) < 4.78 is 19.3. The molecule has 0 radical (unpaired) electrons. The molecule has 104 heavy (non-hydrogen) atoms. The number of alkyl carbamates (subject to hydrolysis) is 3. The summed E-state index contributed by atoms with van der Waals surface area (Å²) in [7, 11) is 0. The number of rotatable bonds is 8. The average Bonchev–Trinajstić information content (AvgIpc) is 0.842. The minimum atomic E-state index is -0.477. The molecule has 0 saturated heterocycles. The minimum absolute atomic E-state index is 0.0967. The van der Waals surface area contributed by atoms with E-state index in [9.17, 15) is 24.0 Å². The lowest BCUT2D eigenvalue weighted by molar-refractivity contribution is -0.118. The van der Waals surface area contributed by atoms with Crippen LogP contribution in [-0.4, -0.2) is 88.4 Å². The van der Waals surface area contributed by atoms with E-state index < -0.39 is 16.8 Å². The molecule has 566 valence electrons. The first-order valence-corrected chi connectivity index (χ1v) is 39.7. The fourth-order valence-corrected chi connectivity index (χ4v) is 14.5. The number of benzene rings is 6. The lowest BCUT2D eigenvalue weighted by atomic mass is 9.87. The first-order chi connectivity index (χ1) is 48.7. The number of aldehydes is 1. The average molecular weight is 1620 g/mol. The number of aryl methyl sites for hydroxylation is 6. The molecule has 5 unspecified atom stereocenters.